The Labute approximate surface area is 249 Å². The van der Waals surface area contributed by atoms with Gasteiger partial charge in [0, 0.05) is 11.1 Å². The first-order chi connectivity index (χ1) is 20.0. The van der Waals surface area contributed by atoms with E-state index in [4.69, 9.17) is 4.52 Å². The highest BCUT2D eigenvalue weighted by Gasteiger charge is 2.42. The topological polar surface area (TPSA) is 139 Å². The fourth-order valence-electron chi connectivity index (χ4n) is 4.39. The molecule has 0 saturated carbocycles. The minimum absolute atomic E-state index is 0.00560. The Kier molecular flexibility index (Phi) is 14.6. The molecule has 1 aromatic heterocycles. The van der Waals surface area contributed by atoms with Crippen molar-refractivity contribution in [1.82, 2.24) is 5.16 Å². The van der Waals surface area contributed by atoms with E-state index in [1.54, 1.807) is 13.8 Å². The first kappa shape index (κ1) is 37.8. The summed E-state index contributed by atoms with van der Waals surface area (Å²) in [7, 11) is 0. The zero-order chi connectivity index (χ0) is 33.1. The standard InChI is InChI=1S/C14H16F3NO2.C14H17F3O3.ClH2NO/c1-3-5-8-7-10-12(9(6-4-2)11(8)19)20-18-13(10)14(15,16)17;1-3-5-8-7-10(13(20)14(15,16)17)12(19)9(6-4-2)11(8)18;1-3-2/h7,19H,3-6H2,1-2H3;7,18-19H,3-6H2,1-2H3;2H2. The van der Waals surface area contributed by atoms with Crippen LogP contribution in [0.5, 0.6) is 17.2 Å². The number of aromatic hydroxyl groups is 3. The predicted molar refractivity (Wildman–Crippen MR) is 148 cm³/mol. The lowest BCUT2D eigenvalue weighted by Gasteiger charge is -2.15. The summed E-state index contributed by atoms with van der Waals surface area (Å²) in [6.07, 6.45) is -5.56. The summed E-state index contributed by atoms with van der Waals surface area (Å²) in [6, 6.07) is 2.27. The fraction of sp³-hybridized carbons (Fsp3) is 0.500. The Morgan fingerprint density at radius 2 is 1.28 bits per heavy atom. The lowest BCUT2D eigenvalue weighted by molar-refractivity contribution is -0.141. The van der Waals surface area contributed by atoms with E-state index in [2.05, 4.69) is 27.3 Å². The molecule has 0 saturated heterocycles. The summed E-state index contributed by atoms with van der Waals surface area (Å²) in [4.78, 5) is 11.3. The highest BCUT2D eigenvalue weighted by atomic mass is 35.5. The number of carbonyl (C=O) groups is 1. The number of ketones is 1. The molecule has 0 unspecified atom stereocenters. The van der Waals surface area contributed by atoms with Crippen LogP contribution in [0.25, 0.3) is 11.0 Å². The molecule has 0 spiro atoms. The molecule has 0 bridgehead atoms. The first-order valence-electron chi connectivity index (χ1n) is 13.4. The first-order valence-corrected chi connectivity index (χ1v) is 13.7. The van der Waals surface area contributed by atoms with Gasteiger partial charge in [0.15, 0.2) is 11.3 Å². The summed E-state index contributed by atoms with van der Waals surface area (Å²) >= 11 is 4.28. The average Bonchev–Trinajstić information content (AvgIpc) is 3.35. The van der Waals surface area contributed by atoms with E-state index in [-0.39, 0.29) is 40.0 Å². The molecular weight excluding hydrogens is 610 g/mol. The number of rotatable bonds is 9. The van der Waals surface area contributed by atoms with Gasteiger partial charge in [0.1, 0.15) is 17.2 Å². The zero-order valence-electron chi connectivity index (χ0n) is 24.0. The number of aryl methyl sites for hydroxylation is 3. The van der Waals surface area contributed by atoms with E-state index in [0.29, 0.717) is 49.7 Å². The Morgan fingerprint density at radius 1 is 0.837 bits per heavy atom. The van der Waals surface area contributed by atoms with Crippen LogP contribution in [-0.4, -0.2) is 32.4 Å². The second kappa shape index (κ2) is 16.6. The molecule has 0 fully saturated rings. The van der Waals surface area contributed by atoms with Gasteiger partial charge in [0.25, 0.3) is 5.78 Å². The van der Waals surface area contributed by atoms with Gasteiger partial charge in [-0.25, -0.2) is 0 Å². The van der Waals surface area contributed by atoms with Crippen LogP contribution in [0.3, 0.4) is 0 Å². The van der Waals surface area contributed by atoms with Crippen molar-refractivity contribution < 1.29 is 55.4 Å². The van der Waals surface area contributed by atoms with Crippen molar-refractivity contribution in [2.24, 2.45) is 5.90 Å². The molecule has 1 heterocycles. The van der Waals surface area contributed by atoms with Gasteiger partial charge in [-0.2, -0.15) is 36.6 Å². The van der Waals surface area contributed by atoms with Crippen LogP contribution in [-0.2, 0) is 36.2 Å². The Balaban J connectivity index is 0.000000394. The number of carbonyl (C=O) groups excluding carboxylic acids is 1. The maximum Gasteiger partial charge on any atom is 0.455 e. The van der Waals surface area contributed by atoms with Gasteiger partial charge in [-0.15, -0.1) is 0 Å². The third-order valence-corrected chi connectivity index (χ3v) is 6.17. The third-order valence-electron chi connectivity index (χ3n) is 6.17. The van der Waals surface area contributed by atoms with Crippen LogP contribution in [0, 0.1) is 0 Å². The second-order valence-electron chi connectivity index (χ2n) is 9.44. The highest BCUT2D eigenvalue weighted by Crippen LogP contribution is 2.40. The zero-order valence-corrected chi connectivity index (χ0v) is 24.8. The summed E-state index contributed by atoms with van der Waals surface area (Å²) in [5, 5.41) is 33.1. The van der Waals surface area contributed by atoms with Crippen molar-refractivity contribution in [1.29, 1.82) is 0 Å². The van der Waals surface area contributed by atoms with Gasteiger partial charge < -0.3 is 19.8 Å². The Hall–Kier alpha value is -3.23. The Morgan fingerprint density at radius 3 is 1.72 bits per heavy atom. The van der Waals surface area contributed by atoms with E-state index in [1.165, 1.54) is 6.07 Å². The van der Waals surface area contributed by atoms with Gasteiger partial charge in [0.05, 0.1) is 22.8 Å². The molecule has 0 radical (unpaired) electrons. The number of benzene rings is 2. The molecule has 2 aromatic carbocycles. The maximum atomic E-state index is 12.9. The fourth-order valence-corrected chi connectivity index (χ4v) is 4.39. The minimum Gasteiger partial charge on any atom is -0.507 e. The molecule has 0 aliphatic heterocycles. The average molecular weight is 645 g/mol. The number of nitrogens with two attached hydrogens (primary N) is 1. The van der Waals surface area contributed by atoms with E-state index >= 15 is 0 Å². The van der Waals surface area contributed by atoms with Crippen LogP contribution in [0.2, 0.25) is 0 Å². The number of hydrogen-bond acceptors (Lipinski definition) is 8. The third kappa shape index (κ3) is 9.63. The van der Waals surface area contributed by atoms with Crippen molar-refractivity contribution in [3.8, 4) is 17.2 Å². The summed E-state index contributed by atoms with van der Waals surface area (Å²) in [5.41, 5.74) is -0.595. The van der Waals surface area contributed by atoms with E-state index < -0.39 is 35.1 Å². The van der Waals surface area contributed by atoms with Crippen molar-refractivity contribution in [3.05, 3.63) is 45.6 Å². The van der Waals surface area contributed by atoms with Crippen molar-refractivity contribution >= 4 is 28.6 Å². The maximum absolute atomic E-state index is 12.9. The molecule has 0 atom stereocenters. The lowest BCUT2D eigenvalue weighted by atomic mass is 9.95. The number of alkyl halides is 6. The molecular formula is C28H35ClF6N2O6. The quantitative estimate of drug-likeness (QED) is 0.104. The molecule has 242 valence electrons. The number of Topliss-reactive ketones (excluding diaryl/α,β-unsaturated/α-hetero) is 1. The molecule has 0 aliphatic rings. The van der Waals surface area contributed by atoms with Crippen molar-refractivity contribution in [3.63, 3.8) is 0 Å². The number of phenols is 3. The molecule has 5 N–H and O–H groups in total. The van der Waals surface area contributed by atoms with Gasteiger partial charge >= 0.3 is 12.4 Å². The SMILES string of the molecule is CCCc1cc(C(=O)C(F)(F)F)c(O)c(CCC)c1O.CCCc1cc2c(C(F)(F)F)noc2c(CCC)c1O.NOCl. The van der Waals surface area contributed by atoms with Crippen LogP contribution < -0.4 is 5.90 Å². The van der Waals surface area contributed by atoms with E-state index in [1.807, 2.05) is 13.8 Å². The summed E-state index contributed by atoms with van der Waals surface area (Å²) < 4.78 is 84.4. The predicted octanol–water partition coefficient (Wildman–Crippen LogP) is 8.24. The van der Waals surface area contributed by atoms with Gasteiger partial charge in [-0.3, -0.25) is 4.79 Å². The molecule has 3 rings (SSSR count). The number of aromatic nitrogens is 1. The van der Waals surface area contributed by atoms with Crippen molar-refractivity contribution in [2.45, 2.75) is 91.4 Å². The van der Waals surface area contributed by atoms with Crippen LogP contribution in [0.1, 0.15) is 91.7 Å². The van der Waals surface area contributed by atoms with Gasteiger partial charge in [-0.05, 0) is 48.9 Å². The molecule has 3 aromatic rings. The monoisotopic (exact) mass is 644 g/mol. The van der Waals surface area contributed by atoms with E-state index in [0.717, 1.165) is 12.5 Å². The van der Waals surface area contributed by atoms with E-state index in [9.17, 15) is 46.5 Å². The smallest absolute Gasteiger partial charge is 0.455 e. The van der Waals surface area contributed by atoms with Crippen LogP contribution in [0.4, 0.5) is 26.3 Å². The molecule has 0 amide bonds. The number of hydrogen-bond donors (Lipinski definition) is 4. The Bertz CT molecular complexity index is 1360. The van der Waals surface area contributed by atoms with Gasteiger partial charge in [0.2, 0.25) is 0 Å². The largest absolute Gasteiger partial charge is 0.507 e. The summed E-state index contributed by atoms with van der Waals surface area (Å²) in [5.74, 6) is 1.06. The minimum atomic E-state index is -5.05. The van der Waals surface area contributed by atoms with Crippen LogP contribution in [0.15, 0.2) is 16.7 Å². The number of nitrogens with zero attached hydrogens (tertiary/aromatic N) is 1. The molecule has 43 heavy (non-hydrogen) atoms. The van der Waals surface area contributed by atoms with Crippen LogP contribution >= 0.6 is 11.9 Å². The number of fused-ring (bicyclic) bond motifs is 1. The number of phenolic OH excluding ortho intramolecular Hbond substituents is 3. The second-order valence-corrected chi connectivity index (χ2v) is 9.62. The molecule has 8 nitrogen and oxygen atoms in total. The van der Waals surface area contributed by atoms with Crippen molar-refractivity contribution in [2.75, 3.05) is 0 Å². The molecule has 15 heteroatoms. The lowest BCUT2D eigenvalue weighted by Crippen LogP contribution is -2.23. The highest BCUT2D eigenvalue weighted by molar-refractivity contribution is 6.07. The van der Waals surface area contributed by atoms with Gasteiger partial charge in [-0.1, -0.05) is 58.5 Å². The normalized spacial score (nSPS) is 11.5. The number of halogens is 7. The summed E-state index contributed by atoms with van der Waals surface area (Å²) in [6.45, 7) is 7.36. The molecule has 0 aliphatic carbocycles.